The Bertz CT molecular complexity index is 1600. The SMILES string of the molecule is Cc1nc2ccc(N3CCCCC3)cc2c(-c2ccc(F)cc2)c1CCOc1ccc(OCc2ccccc2)cc1. The molecular weight excluding hydrogens is 511 g/mol. The quantitative estimate of drug-likeness (QED) is 0.186. The molecule has 0 saturated carbocycles. The smallest absolute Gasteiger partial charge is 0.123 e. The predicted octanol–water partition coefficient (Wildman–Crippen LogP) is 8.54. The Hall–Kier alpha value is -4.38. The van der Waals surface area contributed by atoms with Crippen LogP contribution in [-0.2, 0) is 13.0 Å². The van der Waals surface area contributed by atoms with E-state index in [2.05, 4.69) is 42.2 Å². The molecule has 0 spiro atoms. The maximum Gasteiger partial charge on any atom is 0.123 e. The minimum absolute atomic E-state index is 0.237. The number of hydrogen-bond acceptors (Lipinski definition) is 4. The summed E-state index contributed by atoms with van der Waals surface area (Å²) >= 11 is 0. The molecule has 41 heavy (non-hydrogen) atoms. The number of halogens is 1. The molecule has 1 aliphatic rings. The lowest BCUT2D eigenvalue weighted by atomic mass is 9.92. The minimum atomic E-state index is -0.237. The third kappa shape index (κ3) is 6.35. The molecule has 0 N–H and O–H groups in total. The molecular formula is C36H35FN2O2. The zero-order valence-corrected chi connectivity index (χ0v) is 23.5. The van der Waals surface area contributed by atoms with E-state index in [1.54, 1.807) is 0 Å². The number of nitrogens with zero attached hydrogens (tertiary/aromatic N) is 2. The summed E-state index contributed by atoms with van der Waals surface area (Å²) in [5.74, 6) is 1.36. The first-order valence-electron chi connectivity index (χ1n) is 14.5. The summed E-state index contributed by atoms with van der Waals surface area (Å²) in [7, 11) is 0. The van der Waals surface area contributed by atoms with E-state index >= 15 is 0 Å². The molecule has 4 nitrogen and oxygen atoms in total. The second-order valence-corrected chi connectivity index (χ2v) is 10.7. The molecule has 0 radical (unpaired) electrons. The second kappa shape index (κ2) is 12.4. The molecule has 0 atom stereocenters. The summed E-state index contributed by atoms with van der Waals surface area (Å²) in [5.41, 5.74) is 7.51. The lowest BCUT2D eigenvalue weighted by Crippen LogP contribution is -2.29. The van der Waals surface area contributed by atoms with Crippen molar-refractivity contribution in [1.29, 1.82) is 0 Å². The highest BCUT2D eigenvalue weighted by Gasteiger charge is 2.18. The maximum absolute atomic E-state index is 13.9. The Labute approximate surface area is 241 Å². The van der Waals surface area contributed by atoms with Gasteiger partial charge in [-0.05, 0) is 103 Å². The average molecular weight is 547 g/mol. The fourth-order valence-electron chi connectivity index (χ4n) is 5.66. The first-order valence-corrected chi connectivity index (χ1v) is 14.5. The van der Waals surface area contributed by atoms with Gasteiger partial charge in [-0.3, -0.25) is 4.98 Å². The van der Waals surface area contributed by atoms with E-state index in [4.69, 9.17) is 14.5 Å². The van der Waals surface area contributed by atoms with E-state index in [1.807, 2.05) is 54.6 Å². The molecule has 2 heterocycles. The standard InChI is InChI=1S/C36H35FN2O2/c1-26-33(20-23-40-31-15-17-32(18-16-31)41-25-27-8-4-2-5-9-27)36(28-10-12-29(37)13-11-28)34-24-30(14-19-35(34)38-26)39-21-6-3-7-22-39/h2,4-5,8-19,24H,3,6-7,20-23,25H2,1H3. The van der Waals surface area contributed by atoms with Crippen molar-refractivity contribution in [2.75, 3.05) is 24.6 Å². The van der Waals surface area contributed by atoms with Gasteiger partial charge < -0.3 is 14.4 Å². The van der Waals surface area contributed by atoms with Gasteiger partial charge in [-0.15, -0.1) is 0 Å². The summed E-state index contributed by atoms with van der Waals surface area (Å²) in [5, 5.41) is 1.10. The molecule has 0 amide bonds. The molecule has 1 saturated heterocycles. The number of rotatable bonds is 9. The summed E-state index contributed by atoms with van der Waals surface area (Å²) in [6.45, 7) is 5.24. The van der Waals surface area contributed by atoms with Crippen LogP contribution in [-0.4, -0.2) is 24.7 Å². The van der Waals surface area contributed by atoms with E-state index < -0.39 is 0 Å². The summed E-state index contributed by atoms with van der Waals surface area (Å²) in [6.07, 6.45) is 4.41. The van der Waals surface area contributed by atoms with Gasteiger partial charge in [-0.25, -0.2) is 4.39 Å². The second-order valence-electron chi connectivity index (χ2n) is 10.7. The Morgan fingerprint density at radius 1 is 0.780 bits per heavy atom. The summed E-state index contributed by atoms with van der Waals surface area (Å²) in [6, 6.07) is 31.3. The van der Waals surface area contributed by atoms with Gasteiger partial charge in [-0.2, -0.15) is 0 Å². The van der Waals surface area contributed by atoms with Crippen molar-refractivity contribution in [2.24, 2.45) is 0 Å². The van der Waals surface area contributed by atoms with E-state index in [0.717, 1.165) is 63.4 Å². The number of aromatic nitrogens is 1. The first-order chi connectivity index (χ1) is 20.1. The van der Waals surface area contributed by atoms with Crippen LogP contribution in [0, 0.1) is 12.7 Å². The molecule has 1 aromatic heterocycles. The Balaban J connectivity index is 1.23. The molecule has 5 aromatic rings. The molecule has 1 fully saturated rings. The molecule has 1 aliphatic heterocycles. The van der Waals surface area contributed by atoms with Gasteiger partial charge in [0.25, 0.3) is 0 Å². The highest BCUT2D eigenvalue weighted by Crippen LogP contribution is 2.36. The van der Waals surface area contributed by atoms with Crippen molar-refractivity contribution < 1.29 is 13.9 Å². The number of benzene rings is 4. The van der Waals surface area contributed by atoms with Gasteiger partial charge in [0.2, 0.25) is 0 Å². The Morgan fingerprint density at radius 3 is 2.22 bits per heavy atom. The number of pyridine rings is 1. The topological polar surface area (TPSA) is 34.6 Å². The van der Waals surface area contributed by atoms with Gasteiger partial charge in [0.15, 0.2) is 0 Å². The van der Waals surface area contributed by atoms with Crippen LogP contribution in [0.3, 0.4) is 0 Å². The molecule has 0 unspecified atom stereocenters. The van der Waals surface area contributed by atoms with Crippen LogP contribution in [0.1, 0.15) is 36.1 Å². The largest absolute Gasteiger partial charge is 0.493 e. The number of piperidine rings is 1. The highest BCUT2D eigenvalue weighted by atomic mass is 19.1. The van der Waals surface area contributed by atoms with Crippen molar-refractivity contribution in [1.82, 2.24) is 4.98 Å². The number of ether oxygens (including phenoxy) is 2. The zero-order chi connectivity index (χ0) is 28.0. The minimum Gasteiger partial charge on any atom is -0.493 e. The number of anilines is 1. The Kier molecular flexibility index (Phi) is 8.13. The van der Waals surface area contributed by atoms with Crippen molar-refractivity contribution in [3.63, 3.8) is 0 Å². The van der Waals surface area contributed by atoms with Gasteiger partial charge in [0.1, 0.15) is 23.9 Å². The zero-order valence-electron chi connectivity index (χ0n) is 23.5. The molecule has 4 aromatic carbocycles. The maximum atomic E-state index is 13.9. The molecule has 0 aliphatic carbocycles. The van der Waals surface area contributed by atoms with E-state index in [9.17, 15) is 4.39 Å². The number of hydrogen-bond donors (Lipinski definition) is 0. The van der Waals surface area contributed by atoms with Gasteiger partial charge in [-0.1, -0.05) is 42.5 Å². The summed E-state index contributed by atoms with van der Waals surface area (Å²) < 4.78 is 26.0. The third-order valence-corrected chi connectivity index (χ3v) is 7.82. The van der Waals surface area contributed by atoms with Gasteiger partial charge in [0, 0.05) is 36.3 Å². The van der Waals surface area contributed by atoms with E-state index in [-0.39, 0.29) is 5.82 Å². The lowest BCUT2D eigenvalue weighted by molar-refractivity contribution is 0.302. The van der Waals surface area contributed by atoms with Gasteiger partial charge in [0.05, 0.1) is 12.1 Å². The first kappa shape index (κ1) is 26.8. The lowest BCUT2D eigenvalue weighted by Gasteiger charge is -2.29. The molecule has 0 bridgehead atoms. The molecule has 5 heteroatoms. The third-order valence-electron chi connectivity index (χ3n) is 7.82. The average Bonchev–Trinajstić information content (AvgIpc) is 3.02. The van der Waals surface area contributed by atoms with Crippen LogP contribution in [0.4, 0.5) is 10.1 Å². The van der Waals surface area contributed by atoms with Crippen LogP contribution < -0.4 is 14.4 Å². The number of aryl methyl sites for hydroxylation is 1. The highest BCUT2D eigenvalue weighted by molar-refractivity contribution is 5.98. The van der Waals surface area contributed by atoms with Crippen molar-refractivity contribution in [2.45, 2.75) is 39.2 Å². The fraction of sp³-hybridized carbons (Fsp3) is 0.250. The van der Waals surface area contributed by atoms with Crippen LogP contribution in [0.5, 0.6) is 11.5 Å². The summed E-state index contributed by atoms with van der Waals surface area (Å²) in [4.78, 5) is 7.45. The van der Waals surface area contributed by atoms with E-state index in [1.165, 1.54) is 37.1 Å². The van der Waals surface area contributed by atoms with Crippen molar-refractivity contribution >= 4 is 16.6 Å². The van der Waals surface area contributed by atoms with E-state index in [0.29, 0.717) is 19.6 Å². The van der Waals surface area contributed by atoms with Crippen molar-refractivity contribution in [3.05, 3.63) is 120 Å². The van der Waals surface area contributed by atoms with Gasteiger partial charge >= 0.3 is 0 Å². The normalized spacial score (nSPS) is 13.4. The van der Waals surface area contributed by atoms with Crippen LogP contribution in [0.15, 0.2) is 97.1 Å². The van der Waals surface area contributed by atoms with Crippen LogP contribution >= 0.6 is 0 Å². The van der Waals surface area contributed by atoms with Crippen LogP contribution in [0.25, 0.3) is 22.0 Å². The van der Waals surface area contributed by atoms with Crippen molar-refractivity contribution in [3.8, 4) is 22.6 Å². The van der Waals surface area contributed by atoms with Crippen LogP contribution in [0.2, 0.25) is 0 Å². The fourth-order valence-corrected chi connectivity index (χ4v) is 5.66. The Morgan fingerprint density at radius 2 is 1.49 bits per heavy atom. The molecule has 6 rings (SSSR count). The monoisotopic (exact) mass is 546 g/mol. The predicted molar refractivity (Wildman–Crippen MR) is 164 cm³/mol. The number of fused-ring (bicyclic) bond motifs is 1. The molecule has 208 valence electrons.